The Balaban J connectivity index is 1.79. The molecule has 1 aromatic carbocycles. The summed E-state index contributed by atoms with van der Waals surface area (Å²) in [6.07, 6.45) is 2.88. The smallest absolute Gasteiger partial charge is 0.216 e. The standard InChI is InChI=1S/C15H11FN6O2/c16-11-3-4-14(24-9-12-2-1-5-23-12)13(6-11)18-8-10(7-17)15-19-21-22-20-15/h1-6,8,18H,9H2,(H,19,20,21,22). The summed E-state index contributed by atoms with van der Waals surface area (Å²) in [7, 11) is 0. The van der Waals surface area contributed by atoms with Crippen LogP contribution in [0.5, 0.6) is 5.75 Å². The first kappa shape index (κ1) is 15.2. The molecule has 2 heterocycles. The Labute approximate surface area is 135 Å². The van der Waals surface area contributed by atoms with E-state index in [0.29, 0.717) is 17.2 Å². The zero-order valence-corrected chi connectivity index (χ0v) is 12.2. The van der Waals surface area contributed by atoms with Crippen LogP contribution in [0, 0.1) is 17.1 Å². The first-order valence-electron chi connectivity index (χ1n) is 6.81. The van der Waals surface area contributed by atoms with Gasteiger partial charge in [0.05, 0.1) is 12.0 Å². The van der Waals surface area contributed by atoms with Gasteiger partial charge in [0.25, 0.3) is 0 Å². The molecular weight excluding hydrogens is 315 g/mol. The van der Waals surface area contributed by atoms with Crippen LogP contribution in [-0.4, -0.2) is 20.6 Å². The first-order valence-corrected chi connectivity index (χ1v) is 6.81. The van der Waals surface area contributed by atoms with Crippen molar-refractivity contribution in [2.24, 2.45) is 0 Å². The molecule has 0 spiro atoms. The van der Waals surface area contributed by atoms with Gasteiger partial charge in [-0.3, -0.25) is 0 Å². The van der Waals surface area contributed by atoms with Crippen molar-refractivity contribution in [1.82, 2.24) is 20.6 Å². The Morgan fingerprint density at radius 2 is 2.38 bits per heavy atom. The highest BCUT2D eigenvalue weighted by atomic mass is 19.1. The van der Waals surface area contributed by atoms with Gasteiger partial charge < -0.3 is 14.5 Å². The number of benzene rings is 1. The lowest BCUT2D eigenvalue weighted by Crippen LogP contribution is -1.99. The van der Waals surface area contributed by atoms with Gasteiger partial charge in [-0.15, -0.1) is 10.2 Å². The summed E-state index contributed by atoms with van der Waals surface area (Å²) in [5.74, 6) is 0.702. The van der Waals surface area contributed by atoms with Gasteiger partial charge in [0, 0.05) is 12.3 Å². The second-order valence-electron chi connectivity index (χ2n) is 4.56. The number of hydrogen-bond acceptors (Lipinski definition) is 7. The molecule has 0 unspecified atom stereocenters. The van der Waals surface area contributed by atoms with Crippen LogP contribution in [0.15, 0.2) is 47.2 Å². The summed E-state index contributed by atoms with van der Waals surface area (Å²) in [5.41, 5.74) is 0.475. The molecule has 0 radical (unpaired) electrons. The molecule has 0 bridgehead atoms. The Bertz CT molecular complexity index is 868. The Morgan fingerprint density at radius 3 is 3.08 bits per heavy atom. The number of tetrazole rings is 1. The summed E-state index contributed by atoms with van der Waals surface area (Å²) >= 11 is 0. The average Bonchev–Trinajstić information content (AvgIpc) is 3.28. The maximum atomic E-state index is 13.5. The number of ether oxygens (including phenoxy) is 1. The highest BCUT2D eigenvalue weighted by molar-refractivity contribution is 5.74. The topological polar surface area (TPSA) is 113 Å². The quantitative estimate of drug-likeness (QED) is 0.669. The minimum Gasteiger partial charge on any atom is -0.483 e. The molecule has 0 amide bonds. The fraction of sp³-hybridized carbons (Fsp3) is 0.0667. The molecule has 0 aliphatic heterocycles. The molecule has 0 saturated carbocycles. The number of furan rings is 1. The van der Waals surface area contributed by atoms with Crippen LogP contribution in [0.25, 0.3) is 5.57 Å². The molecule has 2 aromatic heterocycles. The van der Waals surface area contributed by atoms with Crippen LogP contribution in [0.1, 0.15) is 11.6 Å². The number of anilines is 1. The van der Waals surface area contributed by atoms with E-state index >= 15 is 0 Å². The molecule has 0 aliphatic rings. The largest absolute Gasteiger partial charge is 0.483 e. The van der Waals surface area contributed by atoms with Crippen LogP contribution in [-0.2, 0) is 6.61 Å². The number of allylic oxidation sites excluding steroid dienone is 1. The highest BCUT2D eigenvalue weighted by Crippen LogP contribution is 2.27. The molecule has 9 heteroatoms. The number of nitriles is 1. The van der Waals surface area contributed by atoms with Crippen LogP contribution < -0.4 is 10.1 Å². The third-order valence-electron chi connectivity index (χ3n) is 2.97. The predicted octanol–water partition coefficient (Wildman–Crippen LogP) is 2.49. The number of nitrogens with one attached hydrogen (secondary N) is 2. The SMILES string of the molecule is N#CC(=CNc1cc(F)ccc1OCc1ccco1)c1nn[nH]n1. The van der Waals surface area contributed by atoms with Gasteiger partial charge in [-0.2, -0.15) is 10.5 Å². The summed E-state index contributed by atoms with van der Waals surface area (Å²) in [4.78, 5) is 0. The number of aromatic amines is 1. The van der Waals surface area contributed by atoms with E-state index in [-0.39, 0.29) is 18.0 Å². The normalized spacial score (nSPS) is 11.1. The van der Waals surface area contributed by atoms with Gasteiger partial charge in [0.2, 0.25) is 5.82 Å². The Kier molecular flexibility index (Phi) is 4.48. The van der Waals surface area contributed by atoms with Crippen LogP contribution >= 0.6 is 0 Å². The zero-order chi connectivity index (χ0) is 16.8. The molecule has 24 heavy (non-hydrogen) atoms. The zero-order valence-electron chi connectivity index (χ0n) is 12.2. The molecule has 0 aliphatic carbocycles. The number of halogens is 1. The summed E-state index contributed by atoms with van der Waals surface area (Å²) in [5, 5.41) is 25.0. The molecular formula is C15H11FN6O2. The summed E-state index contributed by atoms with van der Waals surface area (Å²) < 4.78 is 24.3. The number of H-pyrrole nitrogens is 1. The van der Waals surface area contributed by atoms with Crippen molar-refractivity contribution in [3.05, 3.63) is 60.2 Å². The lowest BCUT2D eigenvalue weighted by molar-refractivity contribution is 0.271. The van der Waals surface area contributed by atoms with E-state index in [4.69, 9.17) is 14.4 Å². The Morgan fingerprint density at radius 1 is 1.46 bits per heavy atom. The van der Waals surface area contributed by atoms with E-state index in [1.54, 1.807) is 12.1 Å². The third kappa shape index (κ3) is 3.56. The molecule has 0 saturated heterocycles. The summed E-state index contributed by atoms with van der Waals surface area (Å²) in [6, 6.07) is 9.44. The lowest BCUT2D eigenvalue weighted by atomic mass is 10.2. The fourth-order valence-electron chi connectivity index (χ4n) is 1.86. The molecule has 0 fully saturated rings. The second kappa shape index (κ2) is 7.06. The van der Waals surface area contributed by atoms with Crippen molar-refractivity contribution in [2.45, 2.75) is 6.61 Å². The van der Waals surface area contributed by atoms with Gasteiger partial charge in [-0.05, 0) is 29.5 Å². The van der Waals surface area contributed by atoms with Gasteiger partial charge in [0.1, 0.15) is 35.6 Å². The van der Waals surface area contributed by atoms with E-state index < -0.39 is 5.82 Å². The number of rotatable bonds is 6. The van der Waals surface area contributed by atoms with Crippen LogP contribution in [0.2, 0.25) is 0 Å². The maximum absolute atomic E-state index is 13.5. The van der Waals surface area contributed by atoms with Gasteiger partial charge in [-0.1, -0.05) is 0 Å². The van der Waals surface area contributed by atoms with Gasteiger partial charge in [-0.25, -0.2) is 4.39 Å². The van der Waals surface area contributed by atoms with E-state index in [1.165, 1.54) is 30.7 Å². The minimum absolute atomic E-state index is 0.124. The van der Waals surface area contributed by atoms with Crippen molar-refractivity contribution < 1.29 is 13.5 Å². The van der Waals surface area contributed by atoms with E-state index in [9.17, 15) is 4.39 Å². The fourth-order valence-corrected chi connectivity index (χ4v) is 1.86. The molecule has 120 valence electrons. The van der Waals surface area contributed by atoms with Crippen molar-refractivity contribution >= 4 is 11.3 Å². The number of hydrogen-bond donors (Lipinski definition) is 2. The lowest BCUT2D eigenvalue weighted by Gasteiger charge is -2.10. The molecule has 0 atom stereocenters. The van der Waals surface area contributed by atoms with E-state index in [2.05, 4.69) is 25.9 Å². The van der Waals surface area contributed by atoms with E-state index in [1.807, 2.05) is 6.07 Å². The van der Waals surface area contributed by atoms with Crippen LogP contribution in [0.3, 0.4) is 0 Å². The molecule has 3 aromatic rings. The molecule has 8 nitrogen and oxygen atoms in total. The van der Waals surface area contributed by atoms with Crippen molar-refractivity contribution in [2.75, 3.05) is 5.32 Å². The maximum Gasteiger partial charge on any atom is 0.216 e. The number of nitrogens with zero attached hydrogens (tertiary/aromatic N) is 4. The second-order valence-corrected chi connectivity index (χ2v) is 4.56. The number of aromatic nitrogens is 4. The third-order valence-corrected chi connectivity index (χ3v) is 2.97. The van der Waals surface area contributed by atoms with Crippen molar-refractivity contribution in [3.63, 3.8) is 0 Å². The highest BCUT2D eigenvalue weighted by Gasteiger charge is 2.09. The minimum atomic E-state index is -0.450. The van der Waals surface area contributed by atoms with Gasteiger partial charge >= 0.3 is 0 Å². The van der Waals surface area contributed by atoms with E-state index in [0.717, 1.165) is 0 Å². The van der Waals surface area contributed by atoms with Crippen molar-refractivity contribution in [3.8, 4) is 11.8 Å². The molecule has 2 N–H and O–H groups in total. The Hall–Kier alpha value is -3.67. The average molecular weight is 326 g/mol. The summed E-state index contributed by atoms with van der Waals surface area (Å²) in [6.45, 7) is 0.187. The monoisotopic (exact) mass is 326 g/mol. The molecule has 3 rings (SSSR count). The van der Waals surface area contributed by atoms with Crippen molar-refractivity contribution in [1.29, 1.82) is 5.26 Å². The van der Waals surface area contributed by atoms with Gasteiger partial charge in [0.15, 0.2) is 0 Å². The predicted molar refractivity (Wildman–Crippen MR) is 80.8 cm³/mol. The first-order chi connectivity index (χ1) is 11.8. The van der Waals surface area contributed by atoms with Crippen LogP contribution in [0.4, 0.5) is 10.1 Å².